The van der Waals surface area contributed by atoms with Crippen molar-refractivity contribution in [3.8, 4) is 0 Å². The van der Waals surface area contributed by atoms with Crippen LogP contribution in [0.4, 0.5) is 4.79 Å². The Kier molecular flexibility index (Phi) is 5.45. The maximum atomic E-state index is 12.6. The molecule has 5 nitrogen and oxygen atoms in total. The van der Waals surface area contributed by atoms with Gasteiger partial charge in [-0.2, -0.15) is 0 Å². The molecule has 0 aromatic heterocycles. The standard InChI is InChI=1S/C14H27N3O2/c1-12(2)17(11-13-5-3-4-6-15-13)14(18)16-7-9-19-10-8-16/h12-13,15H,3-11H2,1-2H3. The number of rotatable bonds is 3. The van der Waals surface area contributed by atoms with E-state index in [2.05, 4.69) is 19.2 Å². The molecule has 0 aromatic carbocycles. The number of nitrogens with one attached hydrogen (secondary N) is 1. The summed E-state index contributed by atoms with van der Waals surface area (Å²) < 4.78 is 5.32. The van der Waals surface area contributed by atoms with Crippen molar-refractivity contribution in [3.63, 3.8) is 0 Å². The maximum absolute atomic E-state index is 12.6. The molecular weight excluding hydrogens is 242 g/mol. The van der Waals surface area contributed by atoms with Gasteiger partial charge in [-0.15, -0.1) is 0 Å². The smallest absolute Gasteiger partial charge is 0.320 e. The predicted octanol–water partition coefficient (Wildman–Crippen LogP) is 1.29. The van der Waals surface area contributed by atoms with E-state index in [9.17, 15) is 4.79 Å². The molecule has 1 atom stereocenters. The summed E-state index contributed by atoms with van der Waals surface area (Å²) in [5.74, 6) is 0. The SMILES string of the molecule is CC(C)N(CC1CCCCN1)C(=O)N1CCOCC1. The molecule has 0 aromatic rings. The highest BCUT2D eigenvalue weighted by atomic mass is 16.5. The first-order chi connectivity index (χ1) is 9.18. The molecule has 2 rings (SSSR count). The molecule has 5 heteroatoms. The van der Waals surface area contributed by atoms with Crippen LogP contribution in [0.3, 0.4) is 0 Å². The molecule has 2 aliphatic heterocycles. The van der Waals surface area contributed by atoms with Gasteiger partial charge in [-0.3, -0.25) is 0 Å². The molecule has 0 saturated carbocycles. The Hall–Kier alpha value is -0.810. The zero-order chi connectivity index (χ0) is 13.7. The lowest BCUT2D eigenvalue weighted by molar-refractivity contribution is 0.0391. The third-order valence-electron chi connectivity index (χ3n) is 3.98. The Labute approximate surface area is 116 Å². The Morgan fingerprint density at radius 3 is 2.68 bits per heavy atom. The van der Waals surface area contributed by atoms with Gasteiger partial charge < -0.3 is 19.9 Å². The van der Waals surface area contributed by atoms with Gasteiger partial charge in [0.1, 0.15) is 0 Å². The Morgan fingerprint density at radius 1 is 1.37 bits per heavy atom. The summed E-state index contributed by atoms with van der Waals surface area (Å²) in [6.07, 6.45) is 3.71. The summed E-state index contributed by atoms with van der Waals surface area (Å²) >= 11 is 0. The first kappa shape index (κ1) is 14.6. The number of morpholine rings is 1. The number of hydrogen-bond acceptors (Lipinski definition) is 3. The molecule has 0 bridgehead atoms. The second-order valence-electron chi connectivity index (χ2n) is 5.77. The summed E-state index contributed by atoms with van der Waals surface area (Å²) in [5, 5.41) is 3.53. The average molecular weight is 269 g/mol. The lowest BCUT2D eigenvalue weighted by Crippen LogP contribution is -2.54. The minimum Gasteiger partial charge on any atom is -0.378 e. The van der Waals surface area contributed by atoms with Crippen molar-refractivity contribution in [3.05, 3.63) is 0 Å². The fraction of sp³-hybridized carbons (Fsp3) is 0.929. The zero-order valence-electron chi connectivity index (χ0n) is 12.2. The molecular formula is C14H27N3O2. The molecule has 2 heterocycles. The number of piperidine rings is 1. The van der Waals surface area contributed by atoms with Gasteiger partial charge in [0.15, 0.2) is 0 Å². The van der Waals surface area contributed by atoms with Gasteiger partial charge in [0.05, 0.1) is 13.2 Å². The quantitative estimate of drug-likeness (QED) is 0.840. The van der Waals surface area contributed by atoms with Crippen molar-refractivity contribution in [1.82, 2.24) is 15.1 Å². The molecule has 0 aliphatic carbocycles. The van der Waals surface area contributed by atoms with Crippen molar-refractivity contribution >= 4 is 6.03 Å². The van der Waals surface area contributed by atoms with Crippen molar-refractivity contribution in [2.75, 3.05) is 39.4 Å². The van der Waals surface area contributed by atoms with Crippen LogP contribution >= 0.6 is 0 Å². The summed E-state index contributed by atoms with van der Waals surface area (Å²) in [4.78, 5) is 16.5. The van der Waals surface area contributed by atoms with Crippen LogP contribution in [0.1, 0.15) is 33.1 Å². The topological polar surface area (TPSA) is 44.8 Å². The molecule has 2 aliphatic rings. The Balaban J connectivity index is 1.91. The summed E-state index contributed by atoms with van der Waals surface area (Å²) in [7, 11) is 0. The van der Waals surface area contributed by atoms with Crippen LogP contribution in [0.2, 0.25) is 0 Å². The Bertz CT molecular complexity index is 284. The zero-order valence-corrected chi connectivity index (χ0v) is 12.2. The molecule has 1 unspecified atom stereocenters. The number of nitrogens with zero attached hydrogens (tertiary/aromatic N) is 2. The normalized spacial score (nSPS) is 24.6. The van der Waals surface area contributed by atoms with Gasteiger partial charge >= 0.3 is 6.03 Å². The van der Waals surface area contributed by atoms with Gasteiger partial charge in [0.2, 0.25) is 0 Å². The van der Waals surface area contributed by atoms with Gasteiger partial charge in [-0.05, 0) is 33.2 Å². The molecule has 2 saturated heterocycles. The highest BCUT2D eigenvalue weighted by Crippen LogP contribution is 2.13. The molecule has 2 amide bonds. The highest BCUT2D eigenvalue weighted by Gasteiger charge is 2.27. The van der Waals surface area contributed by atoms with Crippen LogP contribution in [0.15, 0.2) is 0 Å². The van der Waals surface area contributed by atoms with E-state index in [-0.39, 0.29) is 12.1 Å². The van der Waals surface area contributed by atoms with Crippen LogP contribution in [0, 0.1) is 0 Å². The fourth-order valence-corrected chi connectivity index (χ4v) is 2.76. The van der Waals surface area contributed by atoms with Crippen LogP contribution in [0.25, 0.3) is 0 Å². The van der Waals surface area contributed by atoms with Crippen molar-refractivity contribution in [2.24, 2.45) is 0 Å². The van der Waals surface area contributed by atoms with E-state index in [1.54, 1.807) is 0 Å². The van der Waals surface area contributed by atoms with E-state index >= 15 is 0 Å². The van der Waals surface area contributed by atoms with Crippen LogP contribution in [0.5, 0.6) is 0 Å². The van der Waals surface area contributed by atoms with Gasteiger partial charge in [0.25, 0.3) is 0 Å². The minimum atomic E-state index is 0.172. The molecule has 2 fully saturated rings. The van der Waals surface area contributed by atoms with Crippen molar-refractivity contribution < 1.29 is 9.53 Å². The van der Waals surface area contributed by atoms with Crippen molar-refractivity contribution in [1.29, 1.82) is 0 Å². The van der Waals surface area contributed by atoms with Gasteiger partial charge in [0, 0.05) is 31.7 Å². The lowest BCUT2D eigenvalue weighted by Gasteiger charge is -2.38. The molecule has 110 valence electrons. The molecule has 0 radical (unpaired) electrons. The number of amides is 2. The second-order valence-corrected chi connectivity index (χ2v) is 5.77. The van der Waals surface area contributed by atoms with Crippen molar-refractivity contribution in [2.45, 2.75) is 45.2 Å². The maximum Gasteiger partial charge on any atom is 0.320 e. The summed E-state index contributed by atoms with van der Waals surface area (Å²) in [6.45, 7) is 8.89. The number of hydrogen-bond donors (Lipinski definition) is 1. The summed E-state index contributed by atoms with van der Waals surface area (Å²) in [6, 6.07) is 0.880. The monoisotopic (exact) mass is 269 g/mol. The first-order valence-electron chi connectivity index (χ1n) is 7.55. The highest BCUT2D eigenvalue weighted by molar-refractivity contribution is 5.75. The van der Waals surface area contributed by atoms with Crippen LogP contribution in [-0.2, 0) is 4.74 Å². The molecule has 0 spiro atoms. The number of carbonyl (C=O) groups excluding carboxylic acids is 1. The minimum absolute atomic E-state index is 0.172. The summed E-state index contributed by atoms with van der Waals surface area (Å²) in [5.41, 5.74) is 0. The van der Waals surface area contributed by atoms with Crippen LogP contribution < -0.4 is 5.32 Å². The van der Waals surface area contributed by atoms with E-state index in [0.29, 0.717) is 19.3 Å². The number of carbonyl (C=O) groups is 1. The van der Waals surface area contributed by atoms with E-state index in [4.69, 9.17) is 4.74 Å². The molecule has 1 N–H and O–H groups in total. The number of ether oxygens (including phenoxy) is 1. The fourth-order valence-electron chi connectivity index (χ4n) is 2.76. The van der Waals surface area contributed by atoms with Gasteiger partial charge in [-0.1, -0.05) is 6.42 Å². The van der Waals surface area contributed by atoms with E-state index in [1.165, 1.54) is 19.3 Å². The van der Waals surface area contributed by atoms with Gasteiger partial charge in [-0.25, -0.2) is 4.79 Å². The van der Waals surface area contributed by atoms with Crippen LogP contribution in [-0.4, -0.2) is 67.3 Å². The third-order valence-corrected chi connectivity index (χ3v) is 3.98. The van der Waals surface area contributed by atoms with E-state index < -0.39 is 0 Å². The number of urea groups is 1. The van der Waals surface area contributed by atoms with E-state index in [1.807, 2.05) is 9.80 Å². The first-order valence-corrected chi connectivity index (χ1v) is 7.55. The average Bonchev–Trinajstić information content (AvgIpc) is 2.46. The Morgan fingerprint density at radius 2 is 2.11 bits per heavy atom. The van der Waals surface area contributed by atoms with E-state index in [0.717, 1.165) is 26.2 Å². The second kappa shape index (κ2) is 7.10. The largest absolute Gasteiger partial charge is 0.378 e. The third kappa shape index (κ3) is 4.08. The molecule has 19 heavy (non-hydrogen) atoms. The predicted molar refractivity (Wildman–Crippen MR) is 75.3 cm³/mol. The lowest BCUT2D eigenvalue weighted by atomic mass is 10.0.